The van der Waals surface area contributed by atoms with Crippen LogP contribution in [0.1, 0.15) is 22.9 Å². The first-order chi connectivity index (χ1) is 11.1. The lowest BCUT2D eigenvalue weighted by atomic mass is 9.88. The minimum Gasteiger partial charge on any atom is -0.354 e. The average Bonchev–Trinajstić information content (AvgIpc) is 3.06. The number of nitrogens with zero attached hydrogens (tertiary/aromatic N) is 4. The standard InChI is InChI=1S/C19H24N4/c1-13-6-4-5-7-16(13)19-17-12-23(11-15(17)10-22(19)3)18-9-8-14(2)20-21-18/h4-9,15,17,19H,10-12H2,1-3H3/t15-,17+,19-/m0/s1. The summed E-state index contributed by atoms with van der Waals surface area (Å²) in [5.74, 6) is 2.41. The second-order valence-electron chi connectivity index (χ2n) is 7.10. The van der Waals surface area contributed by atoms with Gasteiger partial charge in [-0.1, -0.05) is 24.3 Å². The highest BCUT2D eigenvalue weighted by Gasteiger charge is 2.46. The molecule has 2 saturated heterocycles. The number of hydrogen-bond donors (Lipinski definition) is 0. The molecule has 0 saturated carbocycles. The van der Waals surface area contributed by atoms with Crippen LogP contribution in [0.2, 0.25) is 0 Å². The summed E-state index contributed by atoms with van der Waals surface area (Å²) in [5, 5.41) is 8.61. The van der Waals surface area contributed by atoms with Crippen LogP contribution in [0.25, 0.3) is 0 Å². The zero-order valence-corrected chi connectivity index (χ0v) is 14.1. The second-order valence-corrected chi connectivity index (χ2v) is 7.10. The molecule has 0 spiro atoms. The molecule has 0 bridgehead atoms. The first kappa shape index (κ1) is 14.6. The van der Waals surface area contributed by atoms with Crippen LogP contribution in [0.4, 0.5) is 5.82 Å². The zero-order chi connectivity index (χ0) is 16.0. The molecule has 3 heterocycles. The van der Waals surface area contributed by atoms with Gasteiger partial charge in [0.25, 0.3) is 0 Å². The van der Waals surface area contributed by atoms with Gasteiger partial charge >= 0.3 is 0 Å². The highest BCUT2D eigenvalue weighted by atomic mass is 15.3. The fourth-order valence-electron chi connectivity index (χ4n) is 4.39. The minimum atomic E-state index is 0.518. The largest absolute Gasteiger partial charge is 0.354 e. The summed E-state index contributed by atoms with van der Waals surface area (Å²) in [6, 6.07) is 13.5. The van der Waals surface area contributed by atoms with Gasteiger partial charge in [-0.25, -0.2) is 0 Å². The quantitative estimate of drug-likeness (QED) is 0.854. The number of hydrogen-bond acceptors (Lipinski definition) is 4. The number of benzene rings is 1. The lowest BCUT2D eigenvalue weighted by molar-refractivity contribution is 0.279. The molecule has 4 rings (SSSR count). The molecule has 23 heavy (non-hydrogen) atoms. The Bertz CT molecular complexity index is 697. The van der Waals surface area contributed by atoms with E-state index in [-0.39, 0.29) is 0 Å². The normalized spacial score (nSPS) is 27.4. The van der Waals surface area contributed by atoms with Crippen molar-refractivity contribution in [2.45, 2.75) is 19.9 Å². The van der Waals surface area contributed by atoms with Gasteiger partial charge in [-0.3, -0.25) is 4.90 Å². The Labute approximate surface area is 138 Å². The zero-order valence-electron chi connectivity index (χ0n) is 14.1. The molecule has 1 aromatic carbocycles. The fourth-order valence-corrected chi connectivity index (χ4v) is 4.39. The van der Waals surface area contributed by atoms with Crippen LogP contribution in [0.3, 0.4) is 0 Å². The summed E-state index contributed by atoms with van der Waals surface area (Å²) < 4.78 is 0. The van der Waals surface area contributed by atoms with Gasteiger partial charge in [0.1, 0.15) is 0 Å². The first-order valence-electron chi connectivity index (χ1n) is 8.44. The maximum Gasteiger partial charge on any atom is 0.151 e. The van der Waals surface area contributed by atoms with E-state index in [0.717, 1.165) is 24.6 Å². The smallest absolute Gasteiger partial charge is 0.151 e. The molecule has 0 N–H and O–H groups in total. The molecule has 2 aromatic rings. The van der Waals surface area contributed by atoms with E-state index in [2.05, 4.69) is 70.4 Å². The van der Waals surface area contributed by atoms with E-state index in [4.69, 9.17) is 0 Å². The monoisotopic (exact) mass is 308 g/mol. The van der Waals surface area contributed by atoms with Crippen molar-refractivity contribution < 1.29 is 0 Å². The number of aryl methyl sites for hydroxylation is 2. The molecule has 0 unspecified atom stereocenters. The number of rotatable bonds is 2. The molecular weight excluding hydrogens is 284 g/mol. The maximum absolute atomic E-state index is 4.38. The Balaban J connectivity index is 1.60. The summed E-state index contributed by atoms with van der Waals surface area (Å²) in [6.07, 6.45) is 0. The van der Waals surface area contributed by atoms with Gasteiger partial charge in [-0.05, 0) is 50.1 Å². The lowest BCUT2D eigenvalue weighted by Gasteiger charge is -2.28. The third kappa shape index (κ3) is 2.51. The van der Waals surface area contributed by atoms with Gasteiger partial charge in [0.2, 0.25) is 0 Å². The molecule has 2 aliphatic heterocycles. The summed E-state index contributed by atoms with van der Waals surface area (Å²) in [7, 11) is 2.27. The molecule has 2 aliphatic rings. The van der Waals surface area contributed by atoms with Crippen LogP contribution in [0, 0.1) is 25.7 Å². The summed E-state index contributed by atoms with van der Waals surface area (Å²) >= 11 is 0. The van der Waals surface area contributed by atoms with E-state index in [1.165, 1.54) is 17.7 Å². The van der Waals surface area contributed by atoms with Gasteiger partial charge in [0, 0.05) is 31.6 Å². The molecule has 0 amide bonds. The molecule has 120 valence electrons. The topological polar surface area (TPSA) is 32.3 Å². The lowest BCUT2D eigenvalue weighted by Crippen LogP contribution is -2.29. The highest BCUT2D eigenvalue weighted by Crippen LogP contribution is 2.45. The van der Waals surface area contributed by atoms with Crippen LogP contribution < -0.4 is 4.90 Å². The van der Waals surface area contributed by atoms with Gasteiger partial charge in [-0.15, -0.1) is 5.10 Å². The Kier molecular flexibility index (Phi) is 3.57. The SMILES string of the molecule is Cc1ccc(N2C[C@@H]3CN(C)[C@@H](c4ccccc4C)[C@@H]3C2)nn1. The predicted molar refractivity (Wildman–Crippen MR) is 92.5 cm³/mol. The Hall–Kier alpha value is -1.94. The van der Waals surface area contributed by atoms with Crippen molar-refractivity contribution in [3.8, 4) is 0 Å². The van der Waals surface area contributed by atoms with Crippen molar-refractivity contribution in [2.24, 2.45) is 11.8 Å². The Morgan fingerprint density at radius 3 is 2.52 bits per heavy atom. The van der Waals surface area contributed by atoms with Crippen molar-refractivity contribution in [3.05, 3.63) is 53.2 Å². The molecule has 0 radical (unpaired) electrons. The molecule has 4 heteroatoms. The van der Waals surface area contributed by atoms with Crippen molar-refractivity contribution in [1.29, 1.82) is 0 Å². The van der Waals surface area contributed by atoms with Gasteiger partial charge in [0.05, 0.1) is 5.69 Å². The number of likely N-dealkylation sites (tertiary alicyclic amines) is 1. The van der Waals surface area contributed by atoms with Gasteiger partial charge in [0.15, 0.2) is 5.82 Å². The Morgan fingerprint density at radius 1 is 0.957 bits per heavy atom. The van der Waals surface area contributed by atoms with Crippen molar-refractivity contribution in [3.63, 3.8) is 0 Å². The third-order valence-corrected chi connectivity index (χ3v) is 5.51. The van der Waals surface area contributed by atoms with Gasteiger partial charge < -0.3 is 4.90 Å². The van der Waals surface area contributed by atoms with E-state index in [0.29, 0.717) is 17.9 Å². The van der Waals surface area contributed by atoms with E-state index >= 15 is 0 Å². The van der Waals surface area contributed by atoms with Crippen LogP contribution in [0.15, 0.2) is 36.4 Å². The molecule has 0 aliphatic carbocycles. The molecule has 3 atom stereocenters. The van der Waals surface area contributed by atoms with Crippen molar-refractivity contribution in [1.82, 2.24) is 15.1 Å². The predicted octanol–water partition coefficient (Wildman–Crippen LogP) is 2.83. The minimum absolute atomic E-state index is 0.518. The van der Waals surface area contributed by atoms with E-state index < -0.39 is 0 Å². The number of anilines is 1. The number of aromatic nitrogens is 2. The van der Waals surface area contributed by atoms with Crippen molar-refractivity contribution in [2.75, 3.05) is 31.6 Å². The van der Waals surface area contributed by atoms with Crippen LogP contribution in [-0.4, -0.2) is 41.8 Å². The summed E-state index contributed by atoms with van der Waals surface area (Å²) in [5.41, 5.74) is 3.86. The van der Waals surface area contributed by atoms with Crippen molar-refractivity contribution >= 4 is 5.82 Å². The summed E-state index contributed by atoms with van der Waals surface area (Å²) in [6.45, 7) is 7.55. The highest BCUT2D eigenvalue weighted by molar-refractivity contribution is 5.41. The molecular formula is C19H24N4. The van der Waals surface area contributed by atoms with Crippen LogP contribution in [0.5, 0.6) is 0 Å². The van der Waals surface area contributed by atoms with Crippen LogP contribution in [-0.2, 0) is 0 Å². The number of fused-ring (bicyclic) bond motifs is 1. The third-order valence-electron chi connectivity index (χ3n) is 5.51. The first-order valence-corrected chi connectivity index (χ1v) is 8.44. The maximum atomic E-state index is 4.38. The molecule has 4 nitrogen and oxygen atoms in total. The van der Waals surface area contributed by atoms with E-state index in [1.54, 1.807) is 0 Å². The van der Waals surface area contributed by atoms with Crippen LogP contribution >= 0.6 is 0 Å². The Morgan fingerprint density at radius 2 is 1.78 bits per heavy atom. The van der Waals surface area contributed by atoms with E-state index in [1.807, 2.05) is 6.92 Å². The fraction of sp³-hybridized carbons (Fsp3) is 0.474. The van der Waals surface area contributed by atoms with Gasteiger partial charge in [-0.2, -0.15) is 5.10 Å². The molecule has 1 aromatic heterocycles. The average molecular weight is 308 g/mol. The van der Waals surface area contributed by atoms with E-state index in [9.17, 15) is 0 Å². The summed E-state index contributed by atoms with van der Waals surface area (Å²) in [4.78, 5) is 4.95. The molecule has 2 fully saturated rings. The second kappa shape index (κ2) is 5.60.